The molecular formula is C2H7N7. The lowest BCUT2D eigenvalue weighted by Crippen LogP contribution is -2.45. The van der Waals surface area contributed by atoms with Crippen LogP contribution in [0, 0.1) is 0 Å². The molecule has 1 rings (SSSR count). The van der Waals surface area contributed by atoms with Crippen LogP contribution < -0.4 is 22.8 Å². The van der Waals surface area contributed by atoms with Crippen molar-refractivity contribution in [3.8, 4) is 0 Å². The van der Waals surface area contributed by atoms with Gasteiger partial charge in [0.15, 0.2) is 11.6 Å². The number of nitrogens with one attached hydrogen (secondary N) is 1. The highest BCUT2D eigenvalue weighted by Crippen LogP contribution is 1.98. The van der Waals surface area contributed by atoms with Gasteiger partial charge in [0, 0.05) is 0 Å². The maximum atomic E-state index is 5.26. The maximum absolute atomic E-state index is 5.26. The minimum Gasteiger partial charge on any atom is -0.380 e. The molecule has 1 aliphatic heterocycles. The van der Waals surface area contributed by atoms with Crippen LogP contribution in [-0.4, -0.2) is 5.12 Å². The van der Waals surface area contributed by atoms with E-state index in [9.17, 15) is 0 Å². The summed E-state index contributed by atoms with van der Waals surface area (Å²) in [6.07, 6.45) is 0. The van der Waals surface area contributed by atoms with Gasteiger partial charge in [-0.25, -0.2) is 5.84 Å². The van der Waals surface area contributed by atoms with Gasteiger partial charge in [0.05, 0.1) is 0 Å². The van der Waals surface area contributed by atoms with Gasteiger partial charge in [-0.2, -0.15) is 10.7 Å². The van der Waals surface area contributed by atoms with Crippen LogP contribution >= 0.6 is 0 Å². The summed E-state index contributed by atoms with van der Waals surface area (Å²) in [7, 11) is 0. The first-order valence-electron chi connectivity index (χ1n) is 2.18. The molecule has 0 bridgehead atoms. The quantitative estimate of drug-likeness (QED) is 0.285. The van der Waals surface area contributed by atoms with Crippen LogP contribution in [0.15, 0.2) is 22.0 Å². The first kappa shape index (κ1) is 5.63. The van der Waals surface area contributed by atoms with E-state index < -0.39 is 0 Å². The molecule has 0 aromatic carbocycles. The predicted octanol–water partition coefficient (Wildman–Crippen LogP) is -1.91. The van der Waals surface area contributed by atoms with Gasteiger partial charge in [0.25, 0.3) is 0 Å². The zero-order valence-corrected chi connectivity index (χ0v) is 4.57. The summed E-state index contributed by atoms with van der Waals surface area (Å²) in [6.45, 7) is 0. The van der Waals surface area contributed by atoms with Gasteiger partial charge in [0.1, 0.15) is 0 Å². The normalized spacial score (nSPS) is 18.1. The lowest BCUT2D eigenvalue weighted by Gasteiger charge is -2.19. The summed E-state index contributed by atoms with van der Waals surface area (Å²) in [4.78, 5) is 0. The summed E-state index contributed by atoms with van der Waals surface area (Å²) in [6, 6.07) is 0. The molecule has 0 aliphatic carbocycles. The molecule has 0 radical (unpaired) electrons. The number of nitrogens with two attached hydrogens (primary N) is 3. The van der Waals surface area contributed by atoms with Crippen LogP contribution in [0.4, 0.5) is 0 Å². The van der Waals surface area contributed by atoms with E-state index in [-0.39, 0.29) is 11.6 Å². The summed E-state index contributed by atoms with van der Waals surface area (Å²) in [5, 5.41) is 7.66. The Kier molecular flexibility index (Phi) is 1.12. The van der Waals surface area contributed by atoms with Crippen LogP contribution in [-0.2, 0) is 0 Å². The maximum Gasteiger partial charge on any atom is 0.191 e. The second-order valence-corrected chi connectivity index (χ2v) is 1.44. The van der Waals surface area contributed by atoms with Crippen molar-refractivity contribution in [1.82, 2.24) is 10.7 Å². The lowest BCUT2D eigenvalue weighted by atomic mass is 10.7. The third-order valence-corrected chi connectivity index (χ3v) is 0.832. The van der Waals surface area contributed by atoms with Gasteiger partial charge in [0.2, 0.25) is 0 Å². The SMILES string of the molecule is NC1=C(N)N(N)NN=N1. The number of hydrogen-bond acceptors (Lipinski definition) is 7. The Hall–Kier alpha value is -1.50. The van der Waals surface area contributed by atoms with Crippen LogP contribution in [0.2, 0.25) is 0 Å². The molecule has 9 heavy (non-hydrogen) atoms. The van der Waals surface area contributed by atoms with Crippen molar-refractivity contribution in [2.75, 3.05) is 0 Å². The second kappa shape index (κ2) is 1.78. The van der Waals surface area contributed by atoms with Crippen molar-refractivity contribution < 1.29 is 0 Å². The summed E-state index contributed by atoms with van der Waals surface area (Å²) in [5.41, 5.74) is 12.7. The van der Waals surface area contributed by atoms with Crippen molar-refractivity contribution in [2.45, 2.75) is 0 Å². The minimum absolute atomic E-state index is 0.108. The Morgan fingerprint density at radius 3 is 2.56 bits per heavy atom. The molecule has 0 fully saturated rings. The first-order chi connectivity index (χ1) is 4.22. The fourth-order valence-electron chi connectivity index (χ4n) is 0.353. The van der Waals surface area contributed by atoms with E-state index in [1.807, 2.05) is 0 Å². The zero-order chi connectivity index (χ0) is 6.85. The minimum atomic E-state index is 0.108. The molecule has 50 valence electrons. The molecule has 0 unspecified atom stereocenters. The third-order valence-electron chi connectivity index (χ3n) is 0.832. The summed E-state index contributed by atoms with van der Waals surface area (Å²) in [5.74, 6) is 5.44. The second-order valence-electron chi connectivity index (χ2n) is 1.44. The van der Waals surface area contributed by atoms with Crippen molar-refractivity contribution in [1.29, 1.82) is 0 Å². The third kappa shape index (κ3) is 0.842. The van der Waals surface area contributed by atoms with Crippen LogP contribution in [0.1, 0.15) is 0 Å². The lowest BCUT2D eigenvalue weighted by molar-refractivity contribution is 0.230. The average molecular weight is 129 g/mol. The van der Waals surface area contributed by atoms with E-state index >= 15 is 0 Å². The molecule has 7 heteroatoms. The van der Waals surface area contributed by atoms with Crippen molar-refractivity contribution in [3.05, 3.63) is 11.6 Å². The molecule has 0 atom stereocenters. The Bertz CT molecular complexity index is 168. The monoisotopic (exact) mass is 129 g/mol. The fourth-order valence-corrected chi connectivity index (χ4v) is 0.353. The van der Waals surface area contributed by atoms with Gasteiger partial charge in [-0.05, 0) is 0 Å². The van der Waals surface area contributed by atoms with E-state index in [1.54, 1.807) is 0 Å². The van der Waals surface area contributed by atoms with Gasteiger partial charge < -0.3 is 11.5 Å². The average Bonchev–Trinajstić information content (AvgIpc) is 1.83. The molecule has 0 spiro atoms. The molecule has 0 aromatic rings. The van der Waals surface area contributed by atoms with Crippen molar-refractivity contribution in [2.24, 2.45) is 27.6 Å². The molecule has 7 N–H and O–H groups in total. The van der Waals surface area contributed by atoms with E-state index in [0.29, 0.717) is 0 Å². The molecule has 0 amide bonds. The van der Waals surface area contributed by atoms with E-state index in [4.69, 9.17) is 17.3 Å². The van der Waals surface area contributed by atoms with Crippen LogP contribution in [0.3, 0.4) is 0 Å². The Morgan fingerprint density at radius 1 is 1.44 bits per heavy atom. The largest absolute Gasteiger partial charge is 0.380 e. The van der Waals surface area contributed by atoms with Gasteiger partial charge >= 0.3 is 0 Å². The summed E-state index contributed by atoms with van der Waals surface area (Å²) >= 11 is 0. The number of hydrazine groups is 2. The number of hydrogen-bond donors (Lipinski definition) is 4. The summed E-state index contributed by atoms with van der Waals surface area (Å²) < 4.78 is 0. The van der Waals surface area contributed by atoms with Crippen LogP contribution in [0.25, 0.3) is 0 Å². The van der Waals surface area contributed by atoms with Gasteiger partial charge in [-0.15, -0.1) is 5.11 Å². The fraction of sp³-hybridized carbons (Fsp3) is 0. The Morgan fingerprint density at radius 2 is 2.11 bits per heavy atom. The molecule has 0 saturated carbocycles. The van der Waals surface area contributed by atoms with Crippen molar-refractivity contribution in [3.63, 3.8) is 0 Å². The van der Waals surface area contributed by atoms with Gasteiger partial charge in [-0.1, -0.05) is 5.22 Å². The standard InChI is InChI=1S/C2H7N7/c3-1-2(4)9(5)8-7-6-1/h3-5H2,(H,6,8). The number of rotatable bonds is 0. The number of nitrogens with zero attached hydrogens (tertiary/aromatic N) is 3. The topological polar surface area (TPSA) is 118 Å². The van der Waals surface area contributed by atoms with E-state index in [2.05, 4.69) is 15.9 Å². The predicted molar refractivity (Wildman–Crippen MR) is 29.4 cm³/mol. The zero-order valence-electron chi connectivity index (χ0n) is 4.57. The molecule has 0 saturated heterocycles. The molecular weight excluding hydrogens is 122 g/mol. The highest BCUT2D eigenvalue weighted by Gasteiger charge is 2.07. The Labute approximate surface area is 51.1 Å². The highest BCUT2D eigenvalue weighted by atomic mass is 15.8. The molecule has 1 heterocycles. The van der Waals surface area contributed by atoms with Crippen molar-refractivity contribution >= 4 is 0 Å². The van der Waals surface area contributed by atoms with E-state index in [1.165, 1.54) is 0 Å². The van der Waals surface area contributed by atoms with Gasteiger partial charge in [-0.3, -0.25) is 0 Å². The first-order valence-corrected chi connectivity index (χ1v) is 2.18. The smallest absolute Gasteiger partial charge is 0.191 e. The highest BCUT2D eigenvalue weighted by molar-refractivity contribution is 5.02. The Balaban J connectivity index is 2.83. The van der Waals surface area contributed by atoms with E-state index in [0.717, 1.165) is 5.12 Å². The van der Waals surface area contributed by atoms with Crippen LogP contribution in [0.5, 0.6) is 0 Å². The molecule has 7 nitrogen and oxygen atoms in total. The molecule has 1 aliphatic rings. The molecule has 0 aromatic heterocycles.